The average molecular weight is 535 g/mol. The molecule has 3 fully saturated rings. The molecule has 2 aliphatic carbocycles. The summed E-state index contributed by atoms with van der Waals surface area (Å²) in [7, 11) is 0. The van der Waals surface area contributed by atoms with Gasteiger partial charge in [0, 0.05) is 31.7 Å². The van der Waals surface area contributed by atoms with Gasteiger partial charge in [0.15, 0.2) is 0 Å². The number of aliphatic carboxylic acids is 1. The van der Waals surface area contributed by atoms with Crippen molar-refractivity contribution in [3.63, 3.8) is 0 Å². The lowest BCUT2D eigenvalue weighted by Crippen LogP contribution is -2.41. The topological polar surface area (TPSA) is 90.3 Å². The molecule has 1 aliphatic heterocycles. The van der Waals surface area contributed by atoms with Crippen molar-refractivity contribution in [2.24, 2.45) is 11.8 Å². The van der Waals surface area contributed by atoms with E-state index in [-0.39, 0.29) is 24.0 Å². The third kappa shape index (κ3) is 6.68. The smallest absolute Gasteiger partial charge is 0.303 e. The van der Waals surface area contributed by atoms with Crippen LogP contribution in [-0.4, -0.2) is 59.3 Å². The zero-order valence-corrected chi connectivity index (χ0v) is 23.1. The van der Waals surface area contributed by atoms with Crippen LogP contribution in [0.15, 0.2) is 42.5 Å². The number of hydrogen-bond acceptors (Lipinski definition) is 5. The summed E-state index contributed by atoms with van der Waals surface area (Å²) in [5.41, 5.74) is 2.57. The molecule has 7 nitrogen and oxygen atoms in total. The minimum atomic E-state index is -0.748. The Kier molecular flexibility index (Phi) is 8.63. The highest BCUT2D eigenvalue weighted by atomic mass is 16.5. The molecule has 1 amide bonds. The molecule has 2 N–H and O–H groups in total. The summed E-state index contributed by atoms with van der Waals surface area (Å²) in [5, 5.41) is 19.6. The highest BCUT2D eigenvalue weighted by molar-refractivity contribution is 6.00. The Balaban J connectivity index is 1.19. The van der Waals surface area contributed by atoms with E-state index < -0.39 is 5.97 Å². The maximum Gasteiger partial charge on any atom is 0.303 e. The number of carboxylic acid groups (broad SMARTS) is 1. The van der Waals surface area contributed by atoms with Crippen LogP contribution in [0.3, 0.4) is 0 Å². The van der Waals surface area contributed by atoms with Gasteiger partial charge in [0.2, 0.25) is 0 Å². The molecular formula is C32H42N2O5. The van der Waals surface area contributed by atoms with Gasteiger partial charge in [-0.3, -0.25) is 9.59 Å². The van der Waals surface area contributed by atoms with Gasteiger partial charge in [0.1, 0.15) is 11.5 Å². The van der Waals surface area contributed by atoms with E-state index in [0.29, 0.717) is 36.6 Å². The van der Waals surface area contributed by atoms with Crippen LogP contribution in [0.2, 0.25) is 0 Å². The van der Waals surface area contributed by atoms with Gasteiger partial charge in [-0.15, -0.1) is 0 Å². The quantitative estimate of drug-likeness (QED) is 0.364. The molecule has 0 aromatic heterocycles. The largest absolute Gasteiger partial charge is 0.508 e. The first-order valence-electron chi connectivity index (χ1n) is 14.8. The molecule has 2 saturated carbocycles. The Hall–Kier alpha value is -3.22. The number of nitrogens with zero attached hydrogens (tertiary/aromatic N) is 2. The van der Waals surface area contributed by atoms with Crippen molar-refractivity contribution in [3.05, 3.63) is 53.6 Å². The van der Waals surface area contributed by atoms with E-state index in [1.54, 1.807) is 18.2 Å². The number of amides is 1. The van der Waals surface area contributed by atoms with Crippen LogP contribution in [0.1, 0.15) is 86.6 Å². The van der Waals surface area contributed by atoms with Crippen LogP contribution >= 0.6 is 0 Å². The molecule has 1 saturated heterocycles. The summed E-state index contributed by atoms with van der Waals surface area (Å²) in [4.78, 5) is 29.2. The van der Waals surface area contributed by atoms with E-state index in [2.05, 4.69) is 11.8 Å². The number of ether oxygens (including phenoxy) is 1. The monoisotopic (exact) mass is 534 g/mol. The van der Waals surface area contributed by atoms with Gasteiger partial charge in [-0.25, -0.2) is 0 Å². The van der Waals surface area contributed by atoms with Crippen molar-refractivity contribution >= 4 is 17.6 Å². The SMILES string of the molecule is CCN(C(=O)c1ccc(O)cc1N1CCC(COc2cccc(C(CC(=O)O)C3CC3)c2)CC1)C1CCCC1. The van der Waals surface area contributed by atoms with E-state index in [1.807, 2.05) is 29.2 Å². The van der Waals surface area contributed by atoms with Gasteiger partial charge in [-0.1, -0.05) is 25.0 Å². The second kappa shape index (κ2) is 12.3. The van der Waals surface area contributed by atoms with Crippen molar-refractivity contribution in [1.82, 2.24) is 4.90 Å². The molecule has 5 rings (SSSR count). The molecule has 2 aromatic carbocycles. The lowest BCUT2D eigenvalue weighted by molar-refractivity contribution is -0.137. The molecule has 0 bridgehead atoms. The van der Waals surface area contributed by atoms with Crippen LogP contribution in [0.5, 0.6) is 11.5 Å². The second-order valence-corrected chi connectivity index (χ2v) is 11.6. The number of carboxylic acids is 1. The first-order chi connectivity index (χ1) is 18.9. The zero-order chi connectivity index (χ0) is 27.4. The van der Waals surface area contributed by atoms with Crippen LogP contribution in [0.25, 0.3) is 0 Å². The Morgan fingerprint density at radius 2 is 1.77 bits per heavy atom. The van der Waals surface area contributed by atoms with Gasteiger partial charge in [0.25, 0.3) is 5.91 Å². The third-order valence-electron chi connectivity index (χ3n) is 8.89. The number of carbonyl (C=O) groups excluding carboxylic acids is 1. The van der Waals surface area contributed by atoms with E-state index in [4.69, 9.17) is 4.74 Å². The van der Waals surface area contributed by atoms with Gasteiger partial charge in [-0.05, 0) is 93.0 Å². The van der Waals surface area contributed by atoms with Crippen LogP contribution in [0, 0.1) is 11.8 Å². The normalized spacial score (nSPS) is 19.2. The highest BCUT2D eigenvalue weighted by Crippen LogP contribution is 2.45. The van der Waals surface area contributed by atoms with E-state index in [0.717, 1.165) is 68.6 Å². The first kappa shape index (κ1) is 27.4. The summed E-state index contributed by atoms with van der Waals surface area (Å²) >= 11 is 0. The predicted molar refractivity (Wildman–Crippen MR) is 152 cm³/mol. The lowest BCUT2D eigenvalue weighted by Gasteiger charge is -2.36. The van der Waals surface area contributed by atoms with E-state index in [9.17, 15) is 19.8 Å². The molecule has 210 valence electrons. The summed E-state index contributed by atoms with van der Waals surface area (Å²) in [6.07, 6.45) is 8.75. The number of rotatable bonds is 11. The molecule has 1 unspecified atom stereocenters. The predicted octanol–water partition coefficient (Wildman–Crippen LogP) is 6.06. The number of piperidine rings is 1. The fourth-order valence-electron chi connectivity index (χ4n) is 6.53. The number of anilines is 1. The van der Waals surface area contributed by atoms with Crippen LogP contribution in [0.4, 0.5) is 5.69 Å². The molecular weight excluding hydrogens is 492 g/mol. The summed E-state index contributed by atoms with van der Waals surface area (Å²) < 4.78 is 6.20. The van der Waals surface area contributed by atoms with E-state index in [1.165, 1.54) is 12.8 Å². The summed E-state index contributed by atoms with van der Waals surface area (Å²) in [6.45, 7) is 4.96. The van der Waals surface area contributed by atoms with Gasteiger partial charge in [-0.2, -0.15) is 0 Å². The molecule has 7 heteroatoms. The maximum atomic E-state index is 13.6. The number of aromatic hydroxyl groups is 1. The summed E-state index contributed by atoms with van der Waals surface area (Å²) in [5.74, 6) is 1.23. The van der Waals surface area contributed by atoms with Gasteiger partial charge < -0.3 is 24.7 Å². The van der Waals surface area contributed by atoms with Crippen molar-refractivity contribution in [2.75, 3.05) is 31.1 Å². The van der Waals surface area contributed by atoms with Crippen molar-refractivity contribution < 1.29 is 24.5 Å². The van der Waals surface area contributed by atoms with Crippen LogP contribution < -0.4 is 9.64 Å². The fraction of sp³-hybridized carbons (Fsp3) is 0.562. The van der Waals surface area contributed by atoms with Gasteiger partial charge >= 0.3 is 5.97 Å². The molecule has 0 spiro atoms. The van der Waals surface area contributed by atoms with Crippen molar-refractivity contribution in [2.45, 2.75) is 76.7 Å². The second-order valence-electron chi connectivity index (χ2n) is 11.6. The number of phenols is 1. The molecule has 2 aromatic rings. The Morgan fingerprint density at radius 3 is 2.44 bits per heavy atom. The maximum absolute atomic E-state index is 13.6. The molecule has 1 heterocycles. The van der Waals surface area contributed by atoms with Crippen molar-refractivity contribution in [3.8, 4) is 11.5 Å². The summed E-state index contributed by atoms with van der Waals surface area (Å²) in [6, 6.07) is 13.4. The molecule has 1 atom stereocenters. The standard InChI is InChI=1S/C32H42N2O5/c1-2-34(25-7-3-4-8-25)32(38)28-13-12-26(35)19-30(28)33-16-14-22(15-17-33)21-39-27-9-5-6-24(18-27)29(20-31(36)37)23-10-11-23/h5-6,9,12-13,18-19,22-23,25,29,35H,2-4,7-8,10-11,14-17,20-21H2,1H3,(H,36,37). The molecule has 0 radical (unpaired) electrons. The molecule has 39 heavy (non-hydrogen) atoms. The number of benzene rings is 2. The Labute approximate surface area is 231 Å². The van der Waals surface area contributed by atoms with Crippen LogP contribution in [-0.2, 0) is 4.79 Å². The number of phenolic OH excluding ortho intramolecular Hbond substituents is 1. The van der Waals surface area contributed by atoms with E-state index >= 15 is 0 Å². The number of carbonyl (C=O) groups is 2. The average Bonchev–Trinajstić information content (AvgIpc) is 3.65. The Morgan fingerprint density at radius 1 is 1.03 bits per heavy atom. The fourth-order valence-corrected chi connectivity index (χ4v) is 6.53. The zero-order valence-electron chi connectivity index (χ0n) is 23.1. The third-order valence-corrected chi connectivity index (χ3v) is 8.89. The lowest BCUT2D eigenvalue weighted by atomic mass is 9.91. The minimum Gasteiger partial charge on any atom is -0.508 e. The number of hydrogen-bond donors (Lipinski definition) is 2. The van der Waals surface area contributed by atoms with Crippen molar-refractivity contribution in [1.29, 1.82) is 0 Å². The highest BCUT2D eigenvalue weighted by Gasteiger charge is 2.34. The van der Waals surface area contributed by atoms with Gasteiger partial charge in [0.05, 0.1) is 24.3 Å². The molecule has 3 aliphatic rings. The minimum absolute atomic E-state index is 0.0609. The Bertz CT molecular complexity index is 1150. The first-order valence-corrected chi connectivity index (χ1v) is 14.8.